The Morgan fingerprint density at radius 1 is 1.45 bits per heavy atom. The van der Waals surface area contributed by atoms with E-state index < -0.39 is 5.97 Å². The Balaban J connectivity index is 1.84. The van der Waals surface area contributed by atoms with Gasteiger partial charge in [-0.1, -0.05) is 5.10 Å². The number of aromatic nitrogens is 3. The van der Waals surface area contributed by atoms with Crippen molar-refractivity contribution in [1.82, 2.24) is 15.2 Å². The van der Waals surface area contributed by atoms with Crippen molar-refractivity contribution in [3.05, 3.63) is 29.6 Å². The maximum atomic E-state index is 11.4. The summed E-state index contributed by atoms with van der Waals surface area (Å²) in [7, 11) is 0. The molecule has 6 nitrogen and oxygen atoms in total. The van der Waals surface area contributed by atoms with Crippen LogP contribution in [-0.2, 0) is 4.74 Å². The maximum absolute atomic E-state index is 11.4. The molecular formula is C12H9N3O3S2. The molecule has 0 saturated carbocycles. The molecule has 0 aliphatic carbocycles. The fourth-order valence-electron chi connectivity index (χ4n) is 1.56. The summed E-state index contributed by atoms with van der Waals surface area (Å²) in [5.41, 5.74) is 0. The quantitative estimate of drug-likeness (QED) is 0.685. The van der Waals surface area contributed by atoms with E-state index in [1.165, 1.54) is 11.8 Å². The lowest BCUT2D eigenvalue weighted by Crippen LogP contribution is -2.04. The minimum absolute atomic E-state index is 0.146. The van der Waals surface area contributed by atoms with Crippen molar-refractivity contribution in [2.45, 2.75) is 17.2 Å². The van der Waals surface area contributed by atoms with Gasteiger partial charge in [0.2, 0.25) is 0 Å². The van der Waals surface area contributed by atoms with Gasteiger partial charge in [0.1, 0.15) is 5.03 Å². The highest BCUT2D eigenvalue weighted by atomic mass is 32.2. The zero-order chi connectivity index (χ0) is 13.9. The Hall–Kier alpha value is -1.93. The van der Waals surface area contributed by atoms with Crippen LogP contribution in [0.3, 0.4) is 0 Å². The first-order valence-electron chi connectivity index (χ1n) is 5.78. The number of nitrogens with zero attached hydrogens (tertiary/aromatic N) is 3. The standard InChI is InChI=1S/C12H9N3O3S2/c1-2-17-11(16)9-14-15-12(18-9)20-10-7-4-6-19-8(7)3-5-13-10/h3-6H,2H2,1H3. The maximum Gasteiger partial charge on any atom is 0.396 e. The molecule has 102 valence electrons. The van der Waals surface area contributed by atoms with Crippen molar-refractivity contribution in [3.8, 4) is 0 Å². The van der Waals surface area contributed by atoms with Gasteiger partial charge in [-0.15, -0.1) is 16.4 Å². The van der Waals surface area contributed by atoms with Crippen LogP contribution in [0, 0.1) is 0 Å². The third kappa shape index (κ3) is 2.52. The van der Waals surface area contributed by atoms with E-state index >= 15 is 0 Å². The molecule has 20 heavy (non-hydrogen) atoms. The van der Waals surface area contributed by atoms with Gasteiger partial charge in [0.15, 0.2) is 0 Å². The fourth-order valence-corrected chi connectivity index (χ4v) is 3.17. The average molecular weight is 307 g/mol. The van der Waals surface area contributed by atoms with E-state index in [2.05, 4.69) is 15.2 Å². The van der Waals surface area contributed by atoms with Crippen LogP contribution in [0.2, 0.25) is 0 Å². The number of pyridine rings is 1. The Kier molecular flexibility index (Phi) is 3.66. The van der Waals surface area contributed by atoms with Crippen LogP contribution in [0.5, 0.6) is 0 Å². The average Bonchev–Trinajstić information content (AvgIpc) is 3.08. The Morgan fingerprint density at radius 2 is 2.35 bits per heavy atom. The Morgan fingerprint density at radius 3 is 3.20 bits per heavy atom. The number of carbonyl (C=O) groups excluding carboxylic acids is 1. The number of hydrogen-bond acceptors (Lipinski definition) is 8. The van der Waals surface area contributed by atoms with Gasteiger partial charge < -0.3 is 9.15 Å². The van der Waals surface area contributed by atoms with Gasteiger partial charge in [0, 0.05) is 16.3 Å². The summed E-state index contributed by atoms with van der Waals surface area (Å²) >= 11 is 2.86. The number of ether oxygens (including phenoxy) is 1. The number of hydrogen-bond donors (Lipinski definition) is 0. The lowest BCUT2D eigenvalue weighted by Gasteiger charge is -1.97. The molecule has 0 radical (unpaired) electrons. The first-order valence-corrected chi connectivity index (χ1v) is 7.48. The third-order valence-electron chi connectivity index (χ3n) is 2.38. The summed E-state index contributed by atoms with van der Waals surface area (Å²) in [5, 5.41) is 11.5. The minimum Gasteiger partial charge on any atom is -0.459 e. The van der Waals surface area contributed by atoms with Crippen molar-refractivity contribution in [2.75, 3.05) is 6.61 Å². The molecule has 3 aromatic heterocycles. The van der Waals surface area contributed by atoms with Crippen molar-refractivity contribution in [2.24, 2.45) is 0 Å². The number of esters is 1. The lowest BCUT2D eigenvalue weighted by molar-refractivity contribution is 0.0475. The summed E-state index contributed by atoms with van der Waals surface area (Å²) in [5.74, 6) is -0.764. The van der Waals surface area contributed by atoms with Gasteiger partial charge in [-0.25, -0.2) is 9.78 Å². The molecule has 0 aliphatic rings. The van der Waals surface area contributed by atoms with Crippen LogP contribution in [0.1, 0.15) is 17.6 Å². The molecule has 0 aromatic carbocycles. The van der Waals surface area contributed by atoms with E-state index in [0.717, 1.165) is 15.1 Å². The van der Waals surface area contributed by atoms with E-state index in [4.69, 9.17) is 9.15 Å². The summed E-state index contributed by atoms with van der Waals surface area (Å²) in [6.45, 7) is 1.98. The van der Waals surface area contributed by atoms with Gasteiger partial charge in [-0.05, 0) is 36.2 Å². The molecule has 8 heteroatoms. The summed E-state index contributed by atoms with van der Waals surface area (Å²) in [4.78, 5) is 15.7. The predicted molar refractivity (Wildman–Crippen MR) is 74.0 cm³/mol. The molecule has 0 bridgehead atoms. The number of rotatable bonds is 4. The van der Waals surface area contributed by atoms with Gasteiger partial charge in [0.05, 0.1) is 6.61 Å². The van der Waals surface area contributed by atoms with Gasteiger partial charge in [-0.3, -0.25) is 0 Å². The molecule has 0 unspecified atom stereocenters. The fraction of sp³-hybridized carbons (Fsp3) is 0.167. The second-order valence-electron chi connectivity index (χ2n) is 3.64. The van der Waals surface area contributed by atoms with Crippen molar-refractivity contribution in [3.63, 3.8) is 0 Å². The second-order valence-corrected chi connectivity index (χ2v) is 5.53. The monoisotopic (exact) mass is 307 g/mol. The lowest BCUT2D eigenvalue weighted by atomic mass is 10.3. The van der Waals surface area contributed by atoms with Crippen LogP contribution in [0.25, 0.3) is 10.1 Å². The molecule has 0 N–H and O–H groups in total. The van der Waals surface area contributed by atoms with E-state index in [1.807, 2.05) is 17.5 Å². The largest absolute Gasteiger partial charge is 0.459 e. The molecule has 0 atom stereocenters. The van der Waals surface area contributed by atoms with Crippen molar-refractivity contribution in [1.29, 1.82) is 0 Å². The molecular weight excluding hydrogens is 298 g/mol. The summed E-state index contributed by atoms with van der Waals surface area (Å²) in [6, 6.07) is 3.93. The van der Waals surface area contributed by atoms with Gasteiger partial charge >= 0.3 is 11.9 Å². The highest BCUT2D eigenvalue weighted by Gasteiger charge is 2.17. The molecule has 0 saturated heterocycles. The van der Waals surface area contributed by atoms with Crippen LogP contribution in [0.15, 0.2) is 38.4 Å². The molecule has 0 amide bonds. The minimum atomic E-state index is -0.617. The van der Waals surface area contributed by atoms with E-state index in [9.17, 15) is 4.79 Å². The van der Waals surface area contributed by atoms with Crippen molar-refractivity contribution >= 4 is 39.2 Å². The van der Waals surface area contributed by atoms with Crippen LogP contribution >= 0.6 is 23.1 Å². The first kappa shape index (κ1) is 13.1. The first-order chi connectivity index (χ1) is 9.78. The van der Waals surface area contributed by atoms with Crippen LogP contribution in [-0.4, -0.2) is 27.8 Å². The SMILES string of the molecule is CCOC(=O)c1nnc(Sc2nccc3sccc23)o1. The normalized spacial score (nSPS) is 10.8. The van der Waals surface area contributed by atoms with E-state index in [-0.39, 0.29) is 17.7 Å². The molecule has 0 aliphatic heterocycles. The number of thiophene rings is 1. The molecule has 3 heterocycles. The summed E-state index contributed by atoms with van der Waals surface area (Å²) in [6.07, 6.45) is 1.73. The molecule has 0 spiro atoms. The predicted octanol–water partition coefficient (Wildman–Crippen LogP) is 3.01. The van der Waals surface area contributed by atoms with Gasteiger partial charge in [-0.2, -0.15) is 0 Å². The third-order valence-corrected chi connectivity index (χ3v) is 4.12. The Labute approximate surface area is 122 Å². The number of fused-ring (bicyclic) bond motifs is 1. The zero-order valence-electron chi connectivity index (χ0n) is 10.4. The van der Waals surface area contributed by atoms with E-state index in [1.54, 1.807) is 24.5 Å². The van der Waals surface area contributed by atoms with Crippen molar-refractivity contribution < 1.29 is 13.9 Å². The highest BCUT2D eigenvalue weighted by molar-refractivity contribution is 7.99. The molecule has 0 fully saturated rings. The van der Waals surface area contributed by atoms with Crippen LogP contribution in [0.4, 0.5) is 0 Å². The smallest absolute Gasteiger partial charge is 0.396 e. The zero-order valence-corrected chi connectivity index (χ0v) is 12.0. The summed E-state index contributed by atoms with van der Waals surface area (Å²) < 4.78 is 11.2. The molecule has 3 rings (SSSR count). The van der Waals surface area contributed by atoms with Gasteiger partial charge in [0.25, 0.3) is 5.22 Å². The number of carbonyl (C=O) groups is 1. The highest BCUT2D eigenvalue weighted by Crippen LogP contribution is 2.33. The van der Waals surface area contributed by atoms with Crippen LogP contribution < -0.4 is 0 Å². The Bertz CT molecular complexity index is 753. The topological polar surface area (TPSA) is 78.1 Å². The second kappa shape index (κ2) is 5.59. The van der Waals surface area contributed by atoms with E-state index in [0.29, 0.717) is 0 Å². The molecule has 3 aromatic rings.